The molecule has 0 aromatic carbocycles. The Kier molecular flexibility index (Phi) is 8.84. The van der Waals surface area contributed by atoms with E-state index in [9.17, 15) is 4.79 Å². The number of nitrogens with one attached hydrogen (secondary N) is 2. The zero-order valence-corrected chi connectivity index (χ0v) is 15.0. The zero-order chi connectivity index (χ0) is 16.4. The van der Waals surface area contributed by atoms with Crippen LogP contribution in [0.2, 0.25) is 0 Å². The second-order valence-electron chi connectivity index (χ2n) is 7.56. The average molecular weight is 312 g/mol. The number of amides is 1. The standard InChI is InChI=1S/C18H36N2O2/c1-5-6-7-8-9-14-19-15-10-12-16(13-11-15)20-17(21)22-18(2,3)4/h15-16,19H,5-14H2,1-4H3,(H,20,21). The predicted molar refractivity (Wildman–Crippen MR) is 92.2 cm³/mol. The molecule has 0 atom stereocenters. The van der Waals surface area contributed by atoms with E-state index in [2.05, 4.69) is 17.6 Å². The van der Waals surface area contributed by atoms with Crippen LogP contribution in [-0.4, -0.2) is 30.3 Å². The van der Waals surface area contributed by atoms with Gasteiger partial charge in [-0.05, 0) is 59.4 Å². The van der Waals surface area contributed by atoms with Crippen LogP contribution in [0.5, 0.6) is 0 Å². The number of rotatable bonds is 8. The quantitative estimate of drug-likeness (QED) is 0.654. The van der Waals surface area contributed by atoms with E-state index in [1.54, 1.807) is 0 Å². The number of unbranched alkanes of at least 4 members (excludes halogenated alkanes) is 4. The highest BCUT2D eigenvalue weighted by Gasteiger charge is 2.24. The van der Waals surface area contributed by atoms with E-state index in [1.165, 1.54) is 32.1 Å². The molecule has 4 heteroatoms. The van der Waals surface area contributed by atoms with E-state index < -0.39 is 5.60 Å². The largest absolute Gasteiger partial charge is 0.444 e. The number of carbonyl (C=O) groups is 1. The SMILES string of the molecule is CCCCCCCNC1CCC(NC(=O)OC(C)(C)C)CC1. The molecular weight excluding hydrogens is 276 g/mol. The summed E-state index contributed by atoms with van der Waals surface area (Å²) in [5, 5.41) is 6.66. The minimum absolute atomic E-state index is 0.275. The Morgan fingerprint density at radius 2 is 1.59 bits per heavy atom. The van der Waals surface area contributed by atoms with E-state index in [0.717, 1.165) is 32.2 Å². The normalized spacial score (nSPS) is 22.4. The van der Waals surface area contributed by atoms with Crippen molar-refractivity contribution in [2.24, 2.45) is 0 Å². The van der Waals surface area contributed by atoms with Gasteiger partial charge in [-0.3, -0.25) is 0 Å². The minimum Gasteiger partial charge on any atom is -0.444 e. The van der Waals surface area contributed by atoms with Crippen LogP contribution < -0.4 is 10.6 Å². The van der Waals surface area contributed by atoms with Crippen LogP contribution in [0.4, 0.5) is 4.79 Å². The van der Waals surface area contributed by atoms with Crippen molar-refractivity contribution in [2.45, 2.75) is 103 Å². The molecule has 0 heterocycles. The molecule has 1 amide bonds. The summed E-state index contributed by atoms with van der Waals surface area (Å²) in [6, 6.07) is 0.903. The van der Waals surface area contributed by atoms with Crippen LogP contribution in [0.25, 0.3) is 0 Å². The fourth-order valence-electron chi connectivity index (χ4n) is 2.95. The van der Waals surface area contributed by atoms with Gasteiger partial charge in [0, 0.05) is 12.1 Å². The molecule has 1 aliphatic rings. The maximum Gasteiger partial charge on any atom is 0.407 e. The van der Waals surface area contributed by atoms with Gasteiger partial charge in [-0.1, -0.05) is 32.6 Å². The van der Waals surface area contributed by atoms with Gasteiger partial charge in [0.05, 0.1) is 0 Å². The fourth-order valence-corrected chi connectivity index (χ4v) is 2.95. The summed E-state index contributed by atoms with van der Waals surface area (Å²) in [5.74, 6) is 0. The van der Waals surface area contributed by atoms with Crippen molar-refractivity contribution in [3.8, 4) is 0 Å². The Bertz CT molecular complexity index is 305. The third-order valence-corrected chi connectivity index (χ3v) is 4.16. The molecular formula is C18H36N2O2. The fraction of sp³-hybridized carbons (Fsp3) is 0.944. The molecule has 0 aromatic rings. The van der Waals surface area contributed by atoms with Gasteiger partial charge in [0.1, 0.15) is 5.60 Å². The molecule has 1 saturated carbocycles. The number of hydrogen-bond donors (Lipinski definition) is 2. The molecule has 0 unspecified atom stereocenters. The van der Waals surface area contributed by atoms with Gasteiger partial charge in [0.2, 0.25) is 0 Å². The molecule has 0 saturated heterocycles. The lowest BCUT2D eigenvalue weighted by Crippen LogP contribution is -2.44. The first-order valence-electron chi connectivity index (χ1n) is 9.13. The highest BCUT2D eigenvalue weighted by Crippen LogP contribution is 2.19. The summed E-state index contributed by atoms with van der Waals surface area (Å²) >= 11 is 0. The number of carbonyl (C=O) groups excluding carboxylic acids is 1. The summed E-state index contributed by atoms with van der Waals surface area (Å²) < 4.78 is 5.31. The van der Waals surface area contributed by atoms with Crippen LogP contribution >= 0.6 is 0 Å². The Labute approximate surface area is 136 Å². The van der Waals surface area contributed by atoms with Crippen molar-refractivity contribution in [2.75, 3.05) is 6.54 Å². The molecule has 4 nitrogen and oxygen atoms in total. The maximum atomic E-state index is 11.8. The molecule has 1 aliphatic carbocycles. The monoisotopic (exact) mass is 312 g/mol. The van der Waals surface area contributed by atoms with E-state index in [-0.39, 0.29) is 12.1 Å². The second-order valence-corrected chi connectivity index (χ2v) is 7.56. The van der Waals surface area contributed by atoms with Crippen LogP contribution in [0.1, 0.15) is 85.5 Å². The topological polar surface area (TPSA) is 50.4 Å². The average Bonchev–Trinajstić information content (AvgIpc) is 2.42. The maximum absolute atomic E-state index is 11.8. The molecule has 130 valence electrons. The molecule has 0 bridgehead atoms. The first-order chi connectivity index (χ1) is 10.4. The van der Waals surface area contributed by atoms with E-state index in [0.29, 0.717) is 6.04 Å². The summed E-state index contributed by atoms with van der Waals surface area (Å²) in [7, 11) is 0. The van der Waals surface area contributed by atoms with Gasteiger partial charge in [-0.25, -0.2) is 4.79 Å². The lowest BCUT2D eigenvalue weighted by atomic mass is 9.91. The summed E-state index contributed by atoms with van der Waals surface area (Å²) in [6.07, 6.45) is 10.8. The lowest BCUT2D eigenvalue weighted by molar-refractivity contribution is 0.0490. The highest BCUT2D eigenvalue weighted by molar-refractivity contribution is 5.68. The van der Waals surface area contributed by atoms with Gasteiger partial charge >= 0.3 is 6.09 Å². The number of hydrogen-bond acceptors (Lipinski definition) is 3. The van der Waals surface area contributed by atoms with Gasteiger partial charge in [-0.15, -0.1) is 0 Å². The first kappa shape index (κ1) is 19.3. The van der Waals surface area contributed by atoms with Crippen LogP contribution in [0, 0.1) is 0 Å². The van der Waals surface area contributed by atoms with Crippen molar-refractivity contribution in [1.29, 1.82) is 0 Å². The molecule has 0 radical (unpaired) electrons. The second kappa shape index (κ2) is 10.1. The Balaban J connectivity index is 2.07. The van der Waals surface area contributed by atoms with Crippen LogP contribution in [0.3, 0.4) is 0 Å². The smallest absolute Gasteiger partial charge is 0.407 e. The van der Waals surface area contributed by atoms with Crippen molar-refractivity contribution < 1.29 is 9.53 Å². The lowest BCUT2D eigenvalue weighted by Gasteiger charge is -2.30. The summed E-state index contributed by atoms with van der Waals surface area (Å²) in [5.41, 5.74) is -0.416. The summed E-state index contributed by atoms with van der Waals surface area (Å²) in [6.45, 7) is 9.08. The molecule has 1 fully saturated rings. The third kappa shape index (κ3) is 9.29. The van der Waals surface area contributed by atoms with Crippen LogP contribution in [0.15, 0.2) is 0 Å². The van der Waals surface area contributed by atoms with Crippen molar-refractivity contribution in [1.82, 2.24) is 10.6 Å². The molecule has 1 rings (SSSR count). The van der Waals surface area contributed by atoms with Crippen molar-refractivity contribution in [3.05, 3.63) is 0 Å². The van der Waals surface area contributed by atoms with Gasteiger partial charge in [-0.2, -0.15) is 0 Å². The minimum atomic E-state index is -0.416. The third-order valence-electron chi connectivity index (χ3n) is 4.16. The van der Waals surface area contributed by atoms with Gasteiger partial charge in [0.25, 0.3) is 0 Å². The molecule has 0 aliphatic heterocycles. The Hall–Kier alpha value is -0.770. The molecule has 0 aromatic heterocycles. The zero-order valence-electron chi connectivity index (χ0n) is 15.0. The Morgan fingerprint density at radius 3 is 2.18 bits per heavy atom. The van der Waals surface area contributed by atoms with Crippen molar-refractivity contribution >= 4 is 6.09 Å². The number of ether oxygens (including phenoxy) is 1. The van der Waals surface area contributed by atoms with Crippen molar-refractivity contribution in [3.63, 3.8) is 0 Å². The van der Waals surface area contributed by atoms with Gasteiger partial charge in [0.15, 0.2) is 0 Å². The molecule has 22 heavy (non-hydrogen) atoms. The van der Waals surface area contributed by atoms with E-state index >= 15 is 0 Å². The molecule has 2 N–H and O–H groups in total. The molecule has 0 spiro atoms. The highest BCUT2D eigenvalue weighted by atomic mass is 16.6. The predicted octanol–water partition coefficient (Wildman–Crippen LogP) is 4.38. The Morgan fingerprint density at radius 1 is 1.00 bits per heavy atom. The first-order valence-corrected chi connectivity index (χ1v) is 9.13. The van der Waals surface area contributed by atoms with Gasteiger partial charge < -0.3 is 15.4 Å². The number of alkyl carbamates (subject to hydrolysis) is 1. The van der Waals surface area contributed by atoms with Crippen LogP contribution in [-0.2, 0) is 4.74 Å². The summed E-state index contributed by atoms with van der Waals surface area (Å²) in [4.78, 5) is 11.8. The van der Waals surface area contributed by atoms with E-state index in [4.69, 9.17) is 4.74 Å². The van der Waals surface area contributed by atoms with E-state index in [1.807, 2.05) is 20.8 Å².